The molecule has 330 valence electrons. The number of likely N-dealkylation sites (N-methyl/N-ethyl adjacent to an activating group) is 1. The minimum absolute atomic E-state index is 0.00689. The van der Waals surface area contributed by atoms with Gasteiger partial charge in [-0.2, -0.15) is 0 Å². The molecule has 0 saturated carbocycles. The fourth-order valence-electron chi connectivity index (χ4n) is 8.77. The van der Waals surface area contributed by atoms with Gasteiger partial charge in [0.25, 0.3) is 5.67 Å². The molecule has 60 heavy (non-hydrogen) atoms. The maximum Gasteiger partial charge on any atom is 0.408 e. The Labute approximate surface area is 349 Å². The first-order chi connectivity index (χ1) is 28.1. The summed E-state index contributed by atoms with van der Waals surface area (Å²) in [4.78, 5) is 70.8. The number of Topliss-reactive ketones (excluding diaryl/α,β-unsaturated/α-hetero) is 2. The zero-order valence-corrected chi connectivity index (χ0v) is 35.9. The highest BCUT2D eigenvalue weighted by Crippen LogP contribution is 2.41. The van der Waals surface area contributed by atoms with Crippen LogP contribution in [0, 0.1) is 17.8 Å². The van der Waals surface area contributed by atoms with Gasteiger partial charge in [-0.15, -0.1) is 10.2 Å². The highest BCUT2D eigenvalue weighted by Gasteiger charge is 2.60. The Kier molecular flexibility index (Phi) is 14.2. The Balaban J connectivity index is 1.51. The van der Waals surface area contributed by atoms with Crippen molar-refractivity contribution in [1.82, 2.24) is 30.3 Å². The minimum Gasteiger partial charge on any atom is -0.455 e. The molecule has 5 rings (SSSR count). The van der Waals surface area contributed by atoms with Crippen molar-refractivity contribution in [3.63, 3.8) is 0 Å². The van der Waals surface area contributed by atoms with Gasteiger partial charge in [-0.1, -0.05) is 52.0 Å². The third-order valence-electron chi connectivity index (χ3n) is 12.1. The number of carbonyl (C=O) groups is 5. The Morgan fingerprint density at radius 3 is 2.33 bits per heavy atom. The zero-order chi connectivity index (χ0) is 44.3. The second-order valence-corrected chi connectivity index (χ2v) is 17.0. The van der Waals surface area contributed by atoms with E-state index in [0.717, 1.165) is 18.2 Å². The molecular weight excluding hydrogens is 783 g/mol. The normalized spacial score (nSPS) is 36.9. The standard InChI is InChI=1S/C42H59FN6O11/c1-11-30-42(8)33(47-39(55)60-42)25(4)31(50)23(2)20-40(6,59-38(54)44-18-12-13-27-14-16-28(17-15-27)49-21-45-46-22-49)35(26(5)34(52)41(7,43)37(53)57-30)58-36-32(51)29(48(9)10)19-24(3)56-36/h12-17,21-26,29-30,32-33,35-36,51H,11,18-20H2,1-10H3,(H,44,54)(H,47,55)/b13-12+/t23-,24-,25+,26+,29+,30-,32-,33-,35-,36+,40-,41+,42-/m1/s1. The molecular formula is C42H59FN6O11. The van der Waals surface area contributed by atoms with Gasteiger partial charge in [0.1, 0.15) is 42.4 Å². The Morgan fingerprint density at radius 2 is 1.72 bits per heavy atom. The minimum atomic E-state index is -3.29. The van der Waals surface area contributed by atoms with E-state index >= 15 is 4.39 Å². The molecule has 3 aliphatic rings. The largest absolute Gasteiger partial charge is 0.455 e. The maximum atomic E-state index is 16.9. The second kappa shape index (κ2) is 18.5. The van der Waals surface area contributed by atoms with E-state index < -0.39 is 101 Å². The van der Waals surface area contributed by atoms with Gasteiger partial charge < -0.3 is 44.3 Å². The Hall–Kier alpha value is -4.78. The number of nitrogens with zero attached hydrogens (tertiary/aromatic N) is 4. The van der Waals surface area contributed by atoms with Gasteiger partial charge >= 0.3 is 18.2 Å². The van der Waals surface area contributed by atoms with Crippen molar-refractivity contribution >= 4 is 35.8 Å². The van der Waals surface area contributed by atoms with Crippen molar-refractivity contribution in [2.75, 3.05) is 20.6 Å². The number of esters is 1. The first-order valence-corrected chi connectivity index (χ1v) is 20.3. The van der Waals surface area contributed by atoms with Crippen LogP contribution in [0.25, 0.3) is 11.8 Å². The van der Waals surface area contributed by atoms with Gasteiger partial charge in [0.2, 0.25) is 0 Å². The van der Waals surface area contributed by atoms with Crippen LogP contribution >= 0.6 is 0 Å². The number of carbonyl (C=O) groups excluding carboxylic acids is 5. The van der Waals surface area contributed by atoms with E-state index in [1.807, 2.05) is 24.3 Å². The van der Waals surface area contributed by atoms with E-state index in [4.69, 9.17) is 23.7 Å². The van der Waals surface area contributed by atoms with E-state index in [0.29, 0.717) is 6.42 Å². The van der Waals surface area contributed by atoms with Crippen LogP contribution in [0.15, 0.2) is 43.0 Å². The predicted molar refractivity (Wildman–Crippen MR) is 214 cm³/mol. The summed E-state index contributed by atoms with van der Waals surface area (Å²) in [6.07, 6.45) is -1.02. The van der Waals surface area contributed by atoms with E-state index in [1.54, 1.807) is 76.1 Å². The third-order valence-corrected chi connectivity index (χ3v) is 12.1. The van der Waals surface area contributed by atoms with Crippen LogP contribution < -0.4 is 10.6 Å². The Morgan fingerprint density at radius 1 is 1.07 bits per heavy atom. The van der Waals surface area contributed by atoms with Crippen LogP contribution in [0.4, 0.5) is 14.0 Å². The molecule has 18 heteroatoms. The summed E-state index contributed by atoms with van der Waals surface area (Å²) in [5.74, 6) is -6.69. The summed E-state index contributed by atoms with van der Waals surface area (Å²) in [7, 11) is 3.55. The molecule has 0 aliphatic carbocycles. The number of hydrogen-bond donors (Lipinski definition) is 3. The van der Waals surface area contributed by atoms with Gasteiger partial charge in [-0.05, 0) is 78.7 Å². The molecule has 0 spiro atoms. The van der Waals surface area contributed by atoms with Crippen molar-refractivity contribution in [1.29, 1.82) is 0 Å². The number of halogens is 1. The summed E-state index contributed by atoms with van der Waals surface area (Å²) < 4.78 is 48.6. The van der Waals surface area contributed by atoms with E-state index in [-0.39, 0.29) is 25.2 Å². The fraction of sp³-hybridized carbons (Fsp3) is 0.643. The van der Waals surface area contributed by atoms with Crippen LogP contribution in [0.1, 0.15) is 80.2 Å². The number of hydrogen-bond acceptors (Lipinski definition) is 14. The summed E-state index contributed by atoms with van der Waals surface area (Å²) in [6, 6.07) is 5.98. The maximum absolute atomic E-state index is 16.9. The molecule has 0 bridgehead atoms. The van der Waals surface area contributed by atoms with E-state index in [2.05, 4.69) is 20.8 Å². The summed E-state index contributed by atoms with van der Waals surface area (Å²) in [5.41, 5.74) is -5.16. The topological polar surface area (TPSA) is 210 Å². The lowest BCUT2D eigenvalue weighted by Gasteiger charge is -2.47. The number of alkyl halides is 1. The number of aliphatic hydroxyl groups is 1. The van der Waals surface area contributed by atoms with Gasteiger partial charge in [-0.25, -0.2) is 18.8 Å². The summed E-state index contributed by atoms with van der Waals surface area (Å²) in [6.45, 7) is 11.6. The zero-order valence-electron chi connectivity index (χ0n) is 35.9. The molecule has 0 unspecified atom stereocenters. The number of aliphatic hydroxyl groups excluding tert-OH is 1. The smallest absolute Gasteiger partial charge is 0.408 e. The lowest BCUT2D eigenvalue weighted by Crippen LogP contribution is -2.62. The van der Waals surface area contributed by atoms with Crippen molar-refractivity contribution < 1.29 is 57.2 Å². The lowest BCUT2D eigenvalue weighted by molar-refractivity contribution is -0.292. The highest BCUT2D eigenvalue weighted by molar-refractivity contribution is 6.08. The van der Waals surface area contributed by atoms with E-state index in [1.165, 1.54) is 20.8 Å². The van der Waals surface area contributed by atoms with Crippen molar-refractivity contribution in [3.05, 3.63) is 48.6 Å². The van der Waals surface area contributed by atoms with Crippen LogP contribution in [0.3, 0.4) is 0 Å². The average molecular weight is 843 g/mol. The number of rotatable bonds is 9. The molecule has 3 aliphatic heterocycles. The van der Waals surface area contributed by atoms with Crippen molar-refractivity contribution in [2.45, 2.75) is 134 Å². The van der Waals surface area contributed by atoms with Crippen LogP contribution in [0.5, 0.6) is 0 Å². The molecule has 0 radical (unpaired) electrons. The van der Waals surface area contributed by atoms with Gasteiger partial charge in [0.05, 0.1) is 12.1 Å². The van der Waals surface area contributed by atoms with Crippen LogP contribution in [-0.4, -0.2) is 135 Å². The number of aromatic nitrogens is 3. The highest BCUT2D eigenvalue weighted by atomic mass is 19.1. The number of alkyl carbamates (subject to hydrolysis) is 2. The number of cyclic esters (lactones) is 1. The molecule has 3 N–H and O–H groups in total. The summed E-state index contributed by atoms with van der Waals surface area (Å²) in [5, 5.41) is 24.5. The first kappa shape index (κ1) is 46.3. The molecule has 2 amide bonds. The Bertz CT molecular complexity index is 1890. The first-order valence-electron chi connectivity index (χ1n) is 20.3. The molecule has 4 heterocycles. The second-order valence-electron chi connectivity index (χ2n) is 17.0. The molecule has 1 aromatic heterocycles. The van der Waals surface area contributed by atoms with Crippen LogP contribution in [-0.2, 0) is 38.1 Å². The molecule has 1 aromatic carbocycles. The van der Waals surface area contributed by atoms with Crippen molar-refractivity contribution in [2.24, 2.45) is 17.8 Å². The number of nitrogens with one attached hydrogen (secondary N) is 2. The van der Waals surface area contributed by atoms with Gasteiger partial charge in [-0.3, -0.25) is 14.2 Å². The number of amides is 2. The quantitative estimate of drug-likeness (QED) is 0.186. The number of ketones is 2. The predicted octanol–water partition coefficient (Wildman–Crippen LogP) is 3.94. The number of benzene rings is 1. The van der Waals surface area contributed by atoms with Gasteiger partial charge in [0, 0.05) is 36.0 Å². The monoisotopic (exact) mass is 842 g/mol. The lowest BCUT2D eigenvalue weighted by atomic mass is 9.73. The molecule has 3 saturated heterocycles. The molecule has 17 nitrogen and oxygen atoms in total. The SMILES string of the molecule is CC[C@H]1OC(=O)[C@@](C)(F)C(=O)[C@H](C)[C@@H](O[C@@H]2O[C@H](C)C[C@H](N(C)C)[C@H]2O)[C@](C)(OC(=O)NC/C=C/c2ccc(-n3cnnc3)cc2)C[C@@H](C)C(=O)[C@H](C)[C@H]2NC(=O)O[C@@]21C. The van der Waals surface area contributed by atoms with Crippen LogP contribution in [0.2, 0.25) is 0 Å². The van der Waals surface area contributed by atoms with Crippen molar-refractivity contribution in [3.8, 4) is 5.69 Å². The van der Waals surface area contributed by atoms with Gasteiger partial charge in [0.15, 0.2) is 17.7 Å². The molecule has 2 aromatic rings. The van der Waals surface area contributed by atoms with E-state index in [9.17, 15) is 29.1 Å². The fourth-order valence-corrected chi connectivity index (χ4v) is 8.77. The molecule has 3 fully saturated rings. The molecule has 13 atom stereocenters. The third kappa shape index (κ3) is 9.72. The number of fused-ring (bicyclic) bond motifs is 1. The summed E-state index contributed by atoms with van der Waals surface area (Å²) >= 11 is 0. The average Bonchev–Trinajstić information content (AvgIpc) is 3.85. The number of ether oxygens (including phenoxy) is 5.